The standard InChI is InChI=1S/C26H39N5O5/c1-6-15(4)22(31-23(32)16(5)27)25(34)29-20(24(33)30-21(26(35)36)11-14(2)3)12-17-13-28-19-10-8-7-9-18(17)19/h7-10,13-16,20-22,28H,6,11-12,27H2,1-5H3,(H,29,34)(H,30,33)(H,31,32)(H,35,36). The Morgan fingerprint density at radius 1 is 0.944 bits per heavy atom. The quantitative estimate of drug-likeness (QED) is 0.244. The number of carbonyl (C=O) groups is 4. The second kappa shape index (κ2) is 13.1. The van der Waals surface area contributed by atoms with Gasteiger partial charge < -0.3 is 31.8 Å². The van der Waals surface area contributed by atoms with E-state index in [-0.39, 0.29) is 24.7 Å². The van der Waals surface area contributed by atoms with Gasteiger partial charge in [0.05, 0.1) is 6.04 Å². The minimum Gasteiger partial charge on any atom is -0.480 e. The van der Waals surface area contributed by atoms with Crippen LogP contribution in [0.2, 0.25) is 0 Å². The predicted octanol–water partition coefficient (Wildman–Crippen LogP) is 1.69. The lowest BCUT2D eigenvalue weighted by Gasteiger charge is -2.28. The van der Waals surface area contributed by atoms with Gasteiger partial charge in [-0.1, -0.05) is 52.3 Å². The van der Waals surface area contributed by atoms with Crippen molar-refractivity contribution in [3.8, 4) is 0 Å². The van der Waals surface area contributed by atoms with Gasteiger partial charge in [0.15, 0.2) is 0 Å². The van der Waals surface area contributed by atoms with E-state index in [1.165, 1.54) is 6.92 Å². The van der Waals surface area contributed by atoms with Crippen LogP contribution in [0.25, 0.3) is 10.9 Å². The number of carboxylic acid groups (broad SMARTS) is 1. The normalized spacial score (nSPS) is 15.5. The monoisotopic (exact) mass is 501 g/mol. The van der Waals surface area contributed by atoms with Crippen LogP contribution in [0.4, 0.5) is 0 Å². The van der Waals surface area contributed by atoms with Crippen LogP contribution in [0.15, 0.2) is 30.5 Å². The molecule has 2 rings (SSSR count). The molecule has 0 bridgehead atoms. The molecule has 198 valence electrons. The highest BCUT2D eigenvalue weighted by Crippen LogP contribution is 2.20. The topological polar surface area (TPSA) is 166 Å². The Morgan fingerprint density at radius 3 is 2.17 bits per heavy atom. The predicted molar refractivity (Wildman–Crippen MR) is 138 cm³/mol. The summed E-state index contributed by atoms with van der Waals surface area (Å²) in [7, 11) is 0. The number of aliphatic carboxylic acids is 1. The first kappa shape index (κ1) is 28.8. The van der Waals surface area contributed by atoms with E-state index in [4.69, 9.17) is 5.73 Å². The molecule has 10 nitrogen and oxygen atoms in total. The molecule has 5 atom stereocenters. The highest BCUT2D eigenvalue weighted by Gasteiger charge is 2.32. The molecule has 10 heteroatoms. The maximum atomic E-state index is 13.3. The lowest BCUT2D eigenvalue weighted by Crippen LogP contribution is -2.59. The number of aromatic nitrogens is 1. The Balaban J connectivity index is 2.35. The van der Waals surface area contributed by atoms with Gasteiger partial charge in [0.25, 0.3) is 0 Å². The SMILES string of the molecule is CCC(C)C(NC(=O)C(C)N)C(=O)NC(Cc1c[nH]c2ccccc12)C(=O)NC(CC(C)C)C(=O)O. The highest BCUT2D eigenvalue weighted by molar-refractivity contribution is 5.95. The minimum atomic E-state index is -1.14. The van der Waals surface area contributed by atoms with Crippen LogP contribution in [-0.4, -0.2) is 57.9 Å². The lowest BCUT2D eigenvalue weighted by atomic mass is 9.96. The van der Waals surface area contributed by atoms with Gasteiger partial charge in [-0.2, -0.15) is 0 Å². The Labute approximate surface area is 211 Å². The molecule has 1 aromatic carbocycles. The number of nitrogens with one attached hydrogen (secondary N) is 4. The van der Waals surface area contributed by atoms with E-state index in [9.17, 15) is 24.3 Å². The molecule has 1 heterocycles. The third-order valence-corrected chi connectivity index (χ3v) is 6.26. The van der Waals surface area contributed by atoms with Crippen LogP contribution in [0.1, 0.15) is 53.0 Å². The second-order valence-corrected chi connectivity index (χ2v) is 9.81. The largest absolute Gasteiger partial charge is 0.480 e. The Hall–Kier alpha value is -3.40. The number of hydrogen-bond acceptors (Lipinski definition) is 5. The average Bonchev–Trinajstić information content (AvgIpc) is 3.23. The number of amides is 3. The number of carboxylic acids is 1. The second-order valence-electron chi connectivity index (χ2n) is 9.81. The molecule has 2 aromatic rings. The third-order valence-electron chi connectivity index (χ3n) is 6.26. The number of hydrogen-bond donors (Lipinski definition) is 6. The van der Waals surface area contributed by atoms with Gasteiger partial charge in [0, 0.05) is 23.5 Å². The number of rotatable bonds is 13. The van der Waals surface area contributed by atoms with Crippen LogP contribution in [0.5, 0.6) is 0 Å². The van der Waals surface area contributed by atoms with Crippen molar-refractivity contribution in [2.24, 2.45) is 17.6 Å². The van der Waals surface area contributed by atoms with Crippen LogP contribution >= 0.6 is 0 Å². The van der Waals surface area contributed by atoms with Gasteiger partial charge in [0.1, 0.15) is 18.1 Å². The summed E-state index contributed by atoms with van der Waals surface area (Å²) in [6, 6.07) is 3.70. The van der Waals surface area contributed by atoms with Crippen molar-refractivity contribution >= 4 is 34.6 Å². The van der Waals surface area contributed by atoms with E-state index >= 15 is 0 Å². The average molecular weight is 502 g/mol. The van der Waals surface area contributed by atoms with Gasteiger partial charge in [-0.05, 0) is 36.8 Å². The Kier molecular flexibility index (Phi) is 10.5. The molecule has 0 radical (unpaired) electrons. The molecule has 3 amide bonds. The van der Waals surface area contributed by atoms with E-state index in [0.717, 1.165) is 16.5 Å². The first-order chi connectivity index (χ1) is 16.9. The number of carbonyl (C=O) groups excluding carboxylic acids is 3. The van der Waals surface area contributed by atoms with E-state index in [2.05, 4.69) is 20.9 Å². The molecular formula is C26H39N5O5. The minimum absolute atomic E-state index is 0.0382. The fraction of sp³-hybridized carbons (Fsp3) is 0.538. The summed E-state index contributed by atoms with van der Waals surface area (Å²) in [6.07, 6.45) is 2.74. The van der Waals surface area contributed by atoms with Crippen LogP contribution in [-0.2, 0) is 25.6 Å². The maximum Gasteiger partial charge on any atom is 0.326 e. The molecule has 0 saturated carbocycles. The molecule has 36 heavy (non-hydrogen) atoms. The molecule has 7 N–H and O–H groups in total. The fourth-order valence-electron chi connectivity index (χ4n) is 3.94. The summed E-state index contributed by atoms with van der Waals surface area (Å²) in [5.41, 5.74) is 7.35. The molecule has 0 fully saturated rings. The molecule has 0 spiro atoms. The van der Waals surface area contributed by atoms with Crippen molar-refractivity contribution in [1.82, 2.24) is 20.9 Å². The van der Waals surface area contributed by atoms with Gasteiger partial charge in [-0.25, -0.2) is 4.79 Å². The molecule has 0 aliphatic rings. The van der Waals surface area contributed by atoms with Crippen molar-refractivity contribution in [2.75, 3.05) is 0 Å². The van der Waals surface area contributed by atoms with E-state index in [0.29, 0.717) is 6.42 Å². The van der Waals surface area contributed by atoms with Crippen molar-refractivity contribution in [2.45, 2.75) is 78.0 Å². The molecular weight excluding hydrogens is 462 g/mol. The smallest absolute Gasteiger partial charge is 0.326 e. The van der Waals surface area contributed by atoms with Gasteiger partial charge in [0.2, 0.25) is 17.7 Å². The fourth-order valence-corrected chi connectivity index (χ4v) is 3.94. The summed E-state index contributed by atoms with van der Waals surface area (Å²) >= 11 is 0. The third kappa shape index (κ3) is 7.81. The van der Waals surface area contributed by atoms with Gasteiger partial charge in [-0.15, -0.1) is 0 Å². The van der Waals surface area contributed by atoms with E-state index < -0.39 is 47.9 Å². The maximum absolute atomic E-state index is 13.3. The van der Waals surface area contributed by atoms with Crippen molar-refractivity contribution in [3.63, 3.8) is 0 Å². The zero-order valence-corrected chi connectivity index (χ0v) is 21.6. The first-order valence-corrected chi connectivity index (χ1v) is 12.4. The van der Waals surface area contributed by atoms with Gasteiger partial charge in [-0.3, -0.25) is 14.4 Å². The van der Waals surface area contributed by atoms with Crippen molar-refractivity contribution < 1.29 is 24.3 Å². The molecule has 0 aliphatic heterocycles. The number of benzene rings is 1. The number of nitrogens with two attached hydrogens (primary N) is 1. The van der Waals surface area contributed by atoms with Crippen molar-refractivity contribution in [1.29, 1.82) is 0 Å². The summed E-state index contributed by atoms with van der Waals surface area (Å²) < 4.78 is 0. The zero-order chi connectivity index (χ0) is 27.0. The molecule has 5 unspecified atom stereocenters. The number of fused-ring (bicyclic) bond motifs is 1. The van der Waals surface area contributed by atoms with Crippen LogP contribution in [0.3, 0.4) is 0 Å². The lowest BCUT2D eigenvalue weighted by molar-refractivity contribution is -0.142. The van der Waals surface area contributed by atoms with Crippen molar-refractivity contribution in [3.05, 3.63) is 36.0 Å². The number of aromatic amines is 1. The Morgan fingerprint density at radius 2 is 1.58 bits per heavy atom. The molecule has 1 aromatic heterocycles. The van der Waals surface area contributed by atoms with E-state index in [1.807, 2.05) is 52.0 Å². The highest BCUT2D eigenvalue weighted by atomic mass is 16.4. The summed E-state index contributed by atoms with van der Waals surface area (Å²) in [4.78, 5) is 53.8. The zero-order valence-electron chi connectivity index (χ0n) is 21.6. The number of para-hydroxylation sites is 1. The summed E-state index contributed by atoms with van der Waals surface area (Å²) in [6.45, 7) is 8.97. The Bertz CT molecular complexity index is 1060. The summed E-state index contributed by atoms with van der Waals surface area (Å²) in [5, 5.41) is 18.5. The van der Waals surface area contributed by atoms with Crippen LogP contribution < -0.4 is 21.7 Å². The first-order valence-electron chi connectivity index (χ1n) is 12.4. The number of H-pyrrole nitrogens is 1. The van der Waals surface area contributed by atoms with Gasteiger partial charge >= 0.3 is 5.97 Å². The molecule has 0 saturated heterocycles. The van der Waals surface area contributed by atoms with Crippen LogP contribution in [0, 0.1) is 11.8 Å². The molecule has 0 aliphatic carbocycles. The summed E-state index contributed by atoms with van der Waals surface area (Å²) in [5.74, 6) is -2.95. The van der Waals surface area contributed by atoms with E-state index in [1.54, 1.807) is 6.20 Å².